The predicted octanol–water partition coefficient (Wildman–Crippen LogP) is 2.49. The molecule has 0 unspecified atom stereocenters. The van der Waals surface area contributed by atoms with Gasteiger partial charge in [-0.3, -0.25) is 0 Å². The van der Waals surface area contributed by atoms with Crippen LogP contribution in [0.3, 0.4) is 0 Å². The number of anilines is 2. The molecule has 3 aromatic rings. The van der Waals surface area contributed by atoms with Crippen molar-refractivity contribution in [3.05, 3.63) is 36.4 Å². The first-order valence-electron chi connectivity index (χ1n) is 7.51. The summed E-state index contributed by atoms with van der Waals surface area (Å²) in [5.41, 5.74) is 8.51. The molecule has 0 saturated heterocycles. The van der Waals surface area contributed by atoms with Crippen molar-refractivity contribution in [1.82, 2.24) is 14.5 Å². The summed E-state index contributed by atoms with van der Waals surface area (Å²) in [6.45, 7) is 3.93. The number of aromatic nitrogens is 3. The van der Waals surface area contributed by atoms with Gasteiger partial charge < -0.3 is 20.7 Å². The van der Waals surface area contributed by atoms with Crippen LogP contribution in [-0.4, -0.2) is 32.3 Å². The second-order valence-corrected chi connectivity index (χ2v) is 6.21. The van der Waals surface area contributed by atoms with Crippen LogP contribution < -0.4 is 11.1 Å². The molecule has 0 saturated carbocycles. The van der Waals surface area contributed by atoms with Crippen molar-refractivity contribution in [2.45, 2.75) is 26.0 Å². The number of pyridine rings is 1. The van der Waals surface area contributed by atoms with Crippen LogP contribution in [0.2, 0.25) is 0 Å². The summed E-state index contributed by atoms with van der Waals surface area (Å²) < 4.78 is 1.93. The molecule has 0 aliphatic carbocycles. The van der Waals surface area contributed by atoms with Crippen molar-refractivity contribution < 1.29 is 5.11 Å². The van der Waals surface area contributed by atoms with Crippen LogP contribution in [-0.2, 0) is 6.54 Å². The van der Waals surface area contributed by atoms with Crippen molar-refractivity contribution in [3.63, 3.8) is 0 Å². The van der Waals surface area contributed by atoms with E-state index in [4.69, 9.17) is 5.73 Å². The number of benzene rings is 1. The summed E-state index contributed by atoms with van der Waals surface area (Å²) in [5.74, 6) is 1.04. The van der Waals surface area contributed by atoms with E-state index in [0.717, 1.165) is 16.8 Å². The summed E-state index contributed by atoms with van der Waals surface area (Å²) in [7, 11) is 1.80. The minimum atomic E-state index is -0.871. The van der Waals surface area contributed by atoms with Crippen molar-refractivity contribution in [1.29, 1.82) is 0 Å². The molecule has 0 radical (unpaired) electrons. The van der Waals surface area contributed by atoms with Crippen molar-refractivity contribution in [2.24, 2.45) is 0 Å². The van der Waals surface area contributed by atoms with Gasteiger partial charge in [-0.2, -0.15) is 0 Å². The Bertz CT molecular complexity index is 834. The maximum atomic E-state index is 10.2. The molecular formula is C17H21N5O. The van der Waals surface area contributed by atoms with Crippen LogP contribution in [0.25, 0.3) is 22.3 Å². The smallest absolute Gasteiger partial charge is 0.203 e. The average Bonchev–Trinajstić information content (AvgIpc) is 2.85. The molecule has 2 heterocycles. The molecular weight excluding hydrogens is 290 g/mol. The number of nitrogens with two attached hydrogens (primary N) is 1. The number of hydrogen-bond donors (Lipinski definition) is 3. The molecule has 0 amide bonds. The number of nitrogens with zero attached hydrogens (tertiary/aromatic N) is 3. The monoisotopic (exact) mass is 311 g/mol. The lowest BCUT2D eigenvalue weighted by molar-refractivity contribution is 0.0632. The van der Waals surface area contributed by atoms with Gasteiger partial charge in [0, 0.05) is 12.6 Å². The summed E-state index contributed by atoms with van der Waals surface area (Å²) >= 11 is 0. The highest BCUT2D eigenvalue weighted by Gasteiger charge is 2.20. The van der Waals surface area contributed by atoms with Crippen LogP contribution >= 0.6 is 0 Å². The zero-order valence-corrected chi connectivity index (χ0v) is 13.5. The van der Waals surface area contributed by atoms with Crippen LogP contribution in [0.4, 0.5) is 11.8 Å². The van der Waals surface area contributed by atoms with E-state index in [2.05, 4.69) is 15.3 Å². The third-order valence-electron chi connectivity index (χ3n) is 3.60. The predicted molar refractivity (Wildman–Crippen MR) is 93.2 cm³/mol. The molecule has 6 heteroatoms. The number of fused-ring (bicyclic) bond motifs is 1. The van der Waals surface area contributed by atoms with E-state index in [-0.39, 0.29) is 0 Å². The Kier molecular flexibility index (Phi) is 3.69. The SMILES string of the molecule is CNc1nc2c(N)nc(-c3ccccc3)cc2n1CC(C)(C)O. The molecule has 0 aliphatic heterocycles. The van der Waals surface area contributed by atoms with Crippen molar-refractivity contribution in [3.8, 4) is 11.3 Å². The Morgan fingerprint density at radius 2 is 1.91 bits per heavy atom. The van der Waals surface area contributed by atoms with Crippen LogP contribution in [0.5, 0.6) is 0 Å². The summed E-state index contributed by atoms with van der Waals surface area (Å²) in [6, 6.07) is 11.8. The molecule has 0 spiro atoms. The molecule has 0 fully saturated rings. The third-order valence-corrected chi connectivity index (χ3v) is 3.60. The topological polar surface area (TPSA) is 89.0 Å². The van der Waals surface area contributed by atoms with E-state index in [0.29, 0.717) is 23.8 Å². The van der Waals surface area contributed by atoms with Crippen LogP contribution in [0, 0.1) is 0 Å². The Morgan fingerprint density at radius 1 is 1.22 bits per heavy atom. The van der Waals surface area contributed by atoms with E-state index in [1.54, 1.807) is 20.9 Å². The Labute approximate surface area is 135 Å². The lowest BCUT2D eigenvalue weighted by Gasteiger charge is -2.20. The lowest BCUT2D eigenvalue weighted by Crippen LogP contribution is -2.26. The zero-order valence-electron chi connectivity index (χ0n) is 13.5. The highest BCUT2D eigenvalue weighted by Crippen LogP contribution is 2.29. The van der Waals surface area contributed by atoms with Gasteiger partial charge in [0.25, 0.3) is 0 Å². The van der Waals surface area contributed by atoms with Gasteiger partial charge >= 0.3 is 0 Å². The third kappa shape index (κ3) is 2.98. The minimum absolute atomic E-state index is 0.382. The molecule has 120 valence electrons. The highest BCUT2D eigenvalue weighted by atomic mass is 16.3. The fourth-order valence-corrected chi connectivity index (χ4v) is 2.64. The molecule has 2 aromatic heterocycles. The first-order valence-corrected chi connectivity index (χ1v) is 7.51. The number of aliphatic hydroxyl groups is 1. The number of nitrogens with one attached hydrogen (secondary N) is 1. The molecule has 0 atom stereocenters. The van der Waals surface area contributed by atoms with Crippen LogP contribution in [0.15, 0.2) is 36.4 Å². The molecule has 0 bridgehead atoms. The molecule has 23 heavy (non-hydrogen) atoms. The van der Waals surface area contributed by atoms with E-state index < -0.39 is 5.60 Å². The van der Waals surface area contributed by atoms with Gasteiger partial charge in [0.1, 0.15) is 5.52 Å². The number of nitrogen functional groups attached to an aromatic ring is 1. The maximum absolute atomic E-state index is 10.2. The first-order chi connectivity index (χ1) is 10.9. The summed E-state index contributed by atoms with van der Waals surface area (Å²) in [5, 5.41) is 13.3. The Balaban J connectivity index is 2.23. The van der Waals surface area contributed by atoms with Crippen LogP contribution in [0.1, 0.15) is 13.8 Å². The van der Waals surface area contributed by atoms with Gasteiger partial charge in [-0.25, -0.2) is 9.97 Å². The molecule has 3 rings (SSSR count). The van der Waals surface area contributed by atoms with Crippen molar-refractivity contribution in [2.75, 3.05) is 18.1 Å². The van der Waals surface area contributed by atoms with Gasteiger partial charge in [0.05, 0.1) is 23.4 Å². The Hall–Kier alpha value is -2.60. The molecule has 6 nitrogen and oxygen atoms in total. The number of imidazole rings is 1. The Morgan fingerprint density at radius 3 is 2.52 bits per heavy atom. The zero-order chi connectivity index (χ0) is 16.6. The molecule has 0 aliphatic rings. The summed E-state index contributed by atoms with van der Waals surface area (Å²) in [4.78, 5) is 8.97. The fourth-order valence-electron chi connectivity index (χ4n) is 2.64. The van der Waals surface area contributed by atoms with E-state index in [1.165, 1.54) is 0 Å². The minimum Gasteiger partial charge on any atom is -0.389 e. The fraction of sp³-hybridized carbons (Fsp3) is 0.294. The first kappa shape index (κ1) is 15.3. The van der Waals surface area contributed by atoms with Crippen molar-refractivity contribution >= 4 is 22.8 Å². The molecule has 4 N–H and O–H groups in total. The van der Waals surface area contributed by atoms with E-state index in [9.17, 15) is 5.11 Å². The average molecular weight is 311 g/mol. The van der Waals surface area contributed by atoms with Gasteiger partial charge in [-0.15, -0.1) is 0 Å². The number of rotatable bonds is 4. The van der Waals surface area contributed by atoms with E-state index in [1.807, 2.05) is 41.0 Å². The highest BCUT2D eigenvalue weighted by molar-refractivity contribution is 5.90. The lowest BCUT2D eigenvalue weighted by atomic mass is 10.1. The maximum Gasteiger partial charge on any atom is 0.203 e. The van der Waals surface area contributed by atoms with Gasteiger partial charge in [0.2, 0.25) is 5.95 Å². The standard InChI is InChI=1S/C17H21N5O/c1-17(2,23)10-22-13-9-12(11-7-5-4-6-8-11)20-15(18)14(13)21-16(22)19-3/h4-9,23H,10H2,1-3H3,(H2,18,20)(H,19,21). The largest absolute Gasteiger partial charge is 0.389 e. The summed E-state index contributed by atoms with van der Waals surface area (Å²) in [6.07, 6.45) is 0. The second kappa shape index (κ2) is 5.55. The van der Waals surface area contributed by atoms with E-state index >= 15 is 0 Å². The number of hydrogen-bond acceptors (Lipinski definition) is 5. The quantitative estimate of drug-likeness (QED) is 0.689. The normalized spacial score (nSPS) is 11.8. The van der Waals surface area contributed by atoms with Gasteiger partial charge in [0.15, 0.2) is 5.82 Å². The molecule has 1 aromatic carbocycles. The van der Waals surface area contributed by atoms with Gasteiger partial charge in [-0.05, 0) is 19.9 Å². The second-order valence-electron chi connectivity index (χ2n) is 6.21. The van der Waals surface area contributed by atoms with Gasteiger partial charge in [-0.1, -0.05) is 30.3 Å².